The Hall–Kier alpha value is -0.780. The molecule has 1 atom stereocenters. The molecule has 0 fully saturated rings. The van der Waals surface area contributed by atoms with Crippen LogP contribution < -0.4 is 0 Å². The molecule has 70 valence electrons. The molecule has 2 aliphatic rings. The lowest BCUT2D eigenvalue weighted by atomic mass is 9.80. The first kappa shape index (κ1) is 8.80. The molecule has 0 N–H and O–H groups in total. The maximum atomic E-state index is 2.50. The summed E-state index contributed by atoms with van der Waals surface area (Å²) in [6, 6.07) is 0. The Bertz CT molecular complexity index is 276. The standard InChI is InChI=1S/C13H18/c1-10(2)12-8-7-11-5-3-4-6-13(11)9-12/h3-4,7,9-10,12H,5-6,8H2,1-2H3. The lowest BCUT2D eigenvalue weighted by Gasteiger charge is -2.25. The second-order valence-corrected chi connectivity index (χ2v) is 4.44. The Kier molecular flexibility index (Phi) is 2.39. The van der Waals surface area contributed by atoms with Crippen LogP contribution in [-0.2, 0) is 0 Å². The molecule has 2 aliphatic carbocycles. The van der Waals surface area contributed by atoms with Crippen LogP contribution in [0.4, 0.5) is 0 Å². The minimum absolute atomic E-state index is 0.783. The molecule has 0 aromatic heterocycles. The van der Waals surface area contributed by atoms with E-state index in [1.54, 1.807) is 11.1 Å². The molecule has 0 aromatic rings. The summed E-state index contributed by atoms with van der Waals surface area (Å²) in [5, 5.41) is 0. The number of rotatable bonds is 1. The SMILES string of the molecule is CC(C)C1C=C2CC=CCC2=CC1. The largest absolute Gasteiger partial charge is 0.0838 e. The van der Waals surface area contributed by atoms with Crippen LogP contribution in [-0.4, -0.2) is 0 Å². The zero-order chi connectivity index (χ0) is 9.26. The fourth-order valence-corrected chi connectivity index (χ4v) is 2.14. The minimum Gasteiger partial charge on any atom is -0.0838 e. The van der Waals surface area contributed by atoms with Gasteiger partial charge in [-0.3, -0.25) is 0 Å². The van der Waals surface area contributed by atoms with Gasteiger partial charge in [0.25, 0.3) is 0 Å². The molecule has 2 rings (SSSR count). The number of hydrogen-bond donors (Lipinski definition) is 0. The Morgan fingerprint density at radius 2 is 1.85 bits per heavy atom. The molecule has 0 amide bonds. The highest BCUT2D eigenvalue weighted by molar-refractivity contribution is 5.40. The lowest BCUT2D eigenvalue weighted by molar-refractivity contribution is 0.462. The average Bonchev–Trinajstić information content (AvgIpc) is 2.17. The summed E-state index contributed by atoms with van der Waals surface area (Å²) in [4.78, 5) is 0. The van der Waals surface area contributed by atoms with E-state index in [4.69, 9.17) is 0 Å². The molecule has 0 saturated heterocycles. The van der Waals surface area contributed by atoms with E-state index >= 15 is 0 Å². The second kappa shape index (κ2) is 3.53. The molecule has 0 radical (unpaired) electrons. The van der Waals surface area contributed by atoms with Crippen molar-refractivity contribution in [3.63, 3.8) is 0 Å². The van der Waals surface area contributed by atoms with Gasteiger partial charge in [0.2, 0.25) is 0 Å². The zero-order valence-corrected chi connectivity index (χ0v) is 8.59. The Balaban J connectivity index is 2.19. The summed E-state index contributed by atoms with van der Waals surface area (Å²) in [7, 11) is 0. The maximum Gasteiger partial charge on any atom is -0.00977 e. The summed E-state index contributed by atoms with van der Waals surface area (Å²) in [5.41, 5.74) is 3.17. The first-order valence-electron chi connectivity index (χ1n) is 5.32. The van der Waals surface area contributed by atoms with Gasteiger partial charge >= 0.3 is 0 Å². The van der Waals surface area contributed by atoms with Gasteiger partial charge in [-0.15, -0.1) is 0 Å². The van der Waals surface area contributed by atoms with E-state index < -0.39 is 0 Å². The molecule has 0 bridgehead atoms. The van der Waals surface area contributed by atoms with E-state index in [0.717, 1.165) is 24.7 Å². The third-order valence-corrected chi connectivity index (χ3v) is 3.16. The predicted molar refractivity (Wildman–Crippen MR) is 57.5 cm³/mol. The quantitative estimate of drug-likeness (QED) is 0.529. The van der Waals surface area contributed by atoms with Gasteiger partial charge in [-0.25, -0.2) is 0 Å². The van der Waals surface area contributed by atoms with E-state index in [1.165, 1.54) is 6.42 Å². The third kappa shape index (κ3) is 1.77. The van der Waals surface area contributed by atoms with Crippen LogP contribution in [0.5, 0.6) is 0 Å². The van der Waals surface area contributed by atoms with Crippen molar-refractivity contribution in [2.45, 2.75) is 33.1 Å². The van der Waals surface area contributed by atoms with Crippen LogP contribution >= 0.6 is 0 Å². The first-order chi connectivity index (χ1) is 6.27. The highest BCUT2D eigenvalue weighted by Gasteiger charge is 2.17. The van der Waals surface area contributed by atoms with E-state index in [-0.39, 0.29) is 0 Å². The third-order valence-electron chi connectivity index (χ3n) is 3.16. The molecule has 0 saturated carbocycles. The molecule has 0 heterocycles. The second-order valence-electron chi connectivity index (χ2n) is 4.44. The molecule has 0 aliphatic heterocycles. The van der Waals surface area contributed by atoms with Crippen molar-refractivity contribution in [3.8, 4) is 0 Å². The van der Waals surface area contributed by atoms with E-state index in [2.05, 4.69) is 38.2 Å². The Morgan fingerprint density at radius 3 is 2.54 bits per heavy atom. The van der Waals surface area contributed by atoms with Crippen molar-refractivity contribution in [3.05, 3.63) is 35.5 Å². The fourth-order valence-electron chi connectivity index (χ4n) is 2.14. The van der Waals surface area contributed by atoms with Gasteiger partial charge in [0.15, 0.2) is 0 Å². The smallest absolute Gasteiger partial charge is 0.00977 e. The average molecular weight is 174 g/mol. The van der Waals surface area contributed by atoms with E-state index in [9.17, 15) is 0 Å². The predicted octanol–water partition coefficient (Wildman–Crippen LogP) is 3.87. The molecule has 0 nitrogen and oxygen atoms in total. The summed E-state index contributed by atoms with van der Waals surface area (Å²) < 4.78 is 0. The van der Waals surface area contributed by atoms with Gasteiger partial charge < -0.3 is 0 Å². The van der Waals surface area contributed by atoms with Gasteiger partial charge in [0, 0.05) is 0 Å². The summed E-state index contributed by atoms with van der Waals surface area (Å²) >= 11 is 0. The van der Waals surface area contributed by atoms with Crippen LogP contribution in [0.2, 0.25) is 0 Å². The van der Waals surface area contributed by atoms with Crippen molar-refractivity contribution in [2.24, 2.45) is 11.8 Å². The number of hydrogen-bond acceptors (Lipinski definition) is 0. The lowest BCUT2D eigenvalue weighted by Crippen LogP contribution is -2.11. The first-order valence-corrected chi connectivity index (χ1v) is 5.32. The molecular weight excluding hydrogens is 156 g/mol. The van der Waals surface area contributed by atoms with E-state index in [0.29, 0.717) is 0 Å². The van der Waals surface area contributed by atoms with Gasteiger partial charge in [0.1, 0.15) is 0 Å². The Labute approximate surface area is 81.0 Å². The monoisotopic (exact) mass is 174 g/mol. The van der Waals surface area contributed by atoms with Crippen LogP contribution in [0.3, 0.4) is 0 Å². The molecule has 0 spiro atoms. The van der Waals surface area contributed by atoms with Crippen molar-refractivity contribution >= 4 is 0 Å². The van der Waals surface area contributed by atoms with Gasteiger partial charge in [-0.1, -0.05) is 38.2 Å². The molecule has 0 aromatic carbocycles. The van der Waals surface area contributed by atoms with Crippen LogP contribution in [0.25, 0.3) is 0 Å². The molecular formula is C13H18. The van der Waals surface area contributed by atoms with Crippen molar-refractivity contribution in [1.82, 2.24) is 0 Å². The summed E-state index contributed by atoms with van der Waals surface area (Å²) in [6.07, 6.45) is 13.1. The Morgan fingerprint density at radius 1 is 1.15 bits per heavy atom. The van der Waals surface area contributed by atoms with Crippen LogP contribution in [0, 0.1) is 11.8 Å². The van der Waals surface area contributed by atoms with Crippen molar-refractivity contribution < 1.29 is 0 Å². The number of allylic oxidation sites excluding steroid dienone is 6. The van der Waals surface area contributed by atoms with Gasteiger partial charge in [0.05, 0.1) is 0 Å². The number of fused-ring (bicyclic) bond motifs is 1. The summed E-state index contributed by atoms with van der Waals surface area (Å²) in [6.45, 7) is 4.64. The molecule has 1 unspecified atom stereocenters. The van der Waals surface area contributed by atoms with Gasteiger partial charge in [-0.2, -0.15) is 0 Å². The molecule has 13 heavy (non-hydrogen) atoms. The van der Waals surface area contributed by atoms with E-state index in [1.807, 2.05) is 0 Å². The van der Waals surface area contributed by atoms with Crippen LogP contribution in [0.15, 0.2) is 35.5 Å². The highest BCUT2D eigenvalue weighted by Crippen LogP contribution is 2.33. The topological polar surface area (TPSA) is 0 Å². The molecule has 0 heteroatoms. The van der Waals surface area contributed by atoms with Crippen molar-refractivity contribution in [2.75, 3.05) is 0 Å². The highest BCUT2D eigenvalue weighted by atomic mass is 14.2. The maximum absolute atomic E-state index is 2.50. The normalized spacial score (nSPS) is 26.8. The van der Waals surface area contributed by atoms with Crippen molar-refractivity contribution in [1.29, 1.82) is 0 Å². The fraction of sp³-hybridized carbons (Fsp3) is 0.538. The zero-order valence-electron chi connectivity index (χ0n) is 8.59. The van der Waals surface area contributed by atoms with Gasteiger partial charge in [-0.05, 0) is 42.2 Å². The minimum atomic E-state index is 0.783. The van der Waals surface area contributed by atoms with Crippen LogP contribution in [0.1, 0.15) is 33.1 Å². The summed E-state index contributed by atoms with van der Waals surface area (Å²) in [5.74, 6) is 1.57.